The fourth-order valence-corrected chi connectivity index (χ4v) is 3.67. The summed E-state index contributed by atoms with van der Waals surface area (Å²) in [5, 5.41) is 15.4. The van der Waals surface area contributed by atoms with Gasteiger partial charge >= 0.3 is 0 Å². The molecule has 0 fully saturated rings. The first-order valence-corrected chi connectivity index (χ1v) is 9.78. The van der Waals surface area contributed by atoms with Crippen LogP contribution in [0, 0.1) is 0 Å². The highest BCUT2D eigenvalue weighted by Gasteiger charge is 2.13. The van der Waals surface area contributed by atoms with Crippen molar-refractivity contribution < 1.29 is 18.3 Å². The van der Waals surface area contributed by atoms with Gasteiger partial charge in [0, 0.05) is 0 Å². The first-order valence-electron chi connectivity index (χ1n) is 7.51. The quantitative estimate of drug-likeness (QED) is 0.473. The van der Waals surface area contributed by atoms with Crippen LogP contribution in [0.25, 0.3) is 10.8 Å². The minimum atomic E-state index is -3.80. The van der Waals surface area contributed by atoms with Crippen LogP contribution >= 0.6 is 15.9 Å². The van der Waals surface area contributed by atoms with Crippen LogP contribution in [-0.2, 0) is 10.0 Å². The molecule has 6 nitrogen and oxygen atoms in total. The van der Waals surface area contributed by atoms with Gasteiger partial charge in [-0.25, -0.2) is 4.83 Å². The average molecular weight is 435 g/mol. The van der Waals surface area contributed by atoms with Crippen LogP contribution in [0.3, 0.4) is 0 Å². The van der Waals surface area contributed by atoms with E-state index >= 15 is 0 Å². The zero-order chi connectivity index (χ0) is 18.7. The number of hydrogen-bond donors (Lipinski definition) is 2. The van der Waals surface area contributed by atoms with Crippen molar-refractivity contribution in [3.05, 3.63) is 64.6 Å². The molecule has 2 N–H and O–H groups in total. The molecule has 0 saturated carbocycles. The normalized spacial score (nSPS) is 11.8. The Balaban J connectivity index is 1.83. The molecule has 0 heterocycles. The van der Waals surface area contributed by atoms with Crippen molar-refractivity contribution in [3.63, 3.8) is 0 Å². The summed E-state index contributed by atoms with van der Waals surface area (Å²) in [7, 11) is -2.37. The second-order valence-electron chi connectivity index (χ2n) is 5.42. The van der Waals surface area contributed by atoms with Crippen LogP contribution in [-0.4, -0.2) is 26.8 Å². The first kappa shape index (κ1) is 18.2. The number of ether oxygens (including phenoxy) is 1. The van der Waals surface area contributed by atoms with Gasteiger partial charge in [0.05, 0.1) is 22.7 Å². The molecule has 3 aromatic rings. The second-order valence-corrected chi connectivity index (χ2v) is 7.93. The molecule has 0 aromatic heterocycles. The number of hydrogen-bond acceptors (Lipinski definition) is 5. The lowest BCUT2D eigenvalue weighted by Crippen LogP contribution is -2.18. The number of benzene rings is 3. The number of phenolic OH excluding ortho intramolecular Hbond substituents is 1. The Morgan fingerprint density at radius 1 is 1.12 bits per heavy atom. The predicted octanol–water partition coefficient (Wildman–Crippen LogP) is 3.63. The van der Waals surface area contributed by atoms with Crippen molar-refractivity contribution in [3.8, 4) is 11.5 Å². The number of aromatic hydroxyl groups is 1. The Hall–Kier alpha value is -2.58. The molecule has 0 saturated heterocycles. The number of sulfonamides is 1. The van der Waals surface area contributed by atoms with Gasteiger partial charge in [0.2, 0.25) is 0 Å². The number of nitrogens with one attached hydrogen (secondary N) is 1. The van der Waals surface area contributed by atoms with Crippen molar-refractivity contribution >= 4 is 42.9 Å². The number of phenols is 1. The summed E-state index contributed by atoms with van der Waals surface area (Å²) in [6, 6.07) is 15.5. The molecule has 134 valence electrons. The van der Waals surface area contributed by atoms with E-state index in [9.17, 15) is 13.5 Å². The second kappa shape index (κ2) is 7.35. The van der Waals surface area contributed by atoms with E-state index in [0.717, 1.165) is 10.8 Å². The number of methoxy groups -OCH3 is 1. The van der Waals surface area contributed by atoms with Crippen molar-refractivity contribution in [1.82, 2.24) is 4.83 Å². The molecule has 0 radical (unpaired) electrons. The molecule has 0 aliphatic heterocycles. The standard InChI is InChI=1S/C18H15BrN2O4S/c1-25-17-9-12(8-16(19)18(17)22)11-20-21-26(23,24)15-7-6-13-4-2-3-5-14(13)10-15/h2-11,21-22H,1H3/b20-11-. The summed E-state index contributed by atoms with van der Waals surface area (Å²) in [6.45, 7) is 0. The predicted molar refractivity (Wildman–Crippen MR) is 104 cm³/mol. The smallest absolute Gasteiger partial charge is 0.276 e. The van der Waals surface area contributed by atoms with Crippen molar-refractivity contribution in [2.24, 2.45) is 5.10 Å². The first-order chi connectivity index (χ1) is 12.4. The van der Waals surface area contributed by atoms with Crippen LogP contribution in [0.4, 0.5) is 0 Å². The molecule has 3 aromatic carbocycles. The molecule has 0 aliphatic rings. The van der Waals surface area contributed by atoms with E-state index in [1.807, 2.05) is 24.3 Å². The van der Waals surface area contributed by atoms with E-state index < -0.39 is 10.0 Å². The maximum atomic E-state index is 12.4. The van der Waals surface area contributed by atoms with Gasteiger partial charge in [-0.05, 0) is 56.5 Å². The molecule has 3 rings (SSSR count). The van der Waals surface area contributed by atoms with Crippen LogP contribution in [0.2, 0.25) is 0 Å². The van der Waals surface area contributed by atoms with Gasteiger partial charge in [-0.2, -0.15) is 13.5 Å². The molecular formula is C18H15BrN2O4S. The molecule has 0 aliphatic carbocycles. The van der Waals surface area contributed by atoms with Crippen molar-refractivity contribution in [2.45, 2.75) is 4.90 Å². The molecular weight excluding hydrogens is 420 g/mol. The van der Waals surface area contributed by atoms with Gasteiger partial charge in [-0.1, -0.05) is 30.3 Å². The third-order valence-electron chi connectivity index (χ3n) is 3.69. The fraction of sp³-hybridized carbons (Fsp3) is 0.0556. The largest absolute Gasteiger partial charge is 0.503 e. The number of halogens is 1. The number of fused-ring (bicyclic) bond motifs is 1. The lowest BCUT2D eigenvalue weighted by atomic mass is 10.1. The Bertz CT molecular complexity index is 1100. The molecule has 0 atom stereocenters. The third kappa shape index (κ3) is 3.81. The zero-order valence-corrected chi connectivity index (χ0v) is 16.1. The van der Waals surface area contributed by atoms with Gasteiger partial charge in [-0.15, -0.1) is 0 Å². The van der Waals surface area contributed by atoms with E-state index in [1.165, 1.54) is 25.5 Å². The summed E-state index contributed by atoms with van der Waals surface area (Å²) < 4.78 is 30.3. The van der Waals surface area contributed by atoms with Gasteiger partial charge in [0.1, 0.15) is 0 Å². The Labute approximate surface area is 159 Å². The molecule has 0 amide bonds. The van der Waals surface area contributed by atoms with Crippen LogP contribution < -0.4 is 9.57 Å². The number of rotatable bonds is 5. The van der Waals surface area contributed by atoms with Gasteiger partial charge in [-0.3, -0.25) is 0 Å². The van der Waals surface area contributed by atoms with Crippen molar-refractivity contribution in [2.75, 3.05) is 7.11 Å². The van der Waals surface area contributed by atoms with Crippen molar-refractivity contribution in [1.29, 1.82) is 0 Å². The lowest BCUT2D eigenvalue weighted by Gasteiger charge is -2.07. The molecule has 0 unspecified atom stereocenters. The summed E-state index contributed by atoms with van der Waals surface area (Å²) in [5.74, 6) is 0.208. The lowest BCUT2D eigenvalue weighted by molar-refractivity contribution is 0.372. The maximum absolute atomic E-state index is 12.4. The SMILES string of the molecule is COc1cc(/C=N\NS(=O)(=O)c2ccc3ccccc3c2)cc(Br)c1O. The highest BCUT2D eigenvalue weighted by atomic mass is 79.9. The third-order valence-corrected chi connectivity index (χ3v) is 5.51. The Kier molecular flexibility index (Phi) is 5.15. The number of hydrazone groups is 1. The minimum Gasteiger partial charge on any atom is -0.503 e. The van der Waals surface area contributed by atoms with Gasteiger partial charge in [0.15, 0.2) is 11.5 Å². The van der Waals surface area contributed by atoms with Gasteiger partial charge < -0.3 is 9.84 Å². The highest BCUT2D eigenvalue weighted by molar-refractivity contribution is 9.10. The van der Waals surface area contributed by atoms with E-state index in [1.54, 1.807) is 18.2 Å². The number of nitrogens with zero attached hydrogens (tertiary/aromatic N) is 1. The van der Waals surface area contributed by atoms with Gasteiger partial charge in [0.25, 0.3) is 10.0 Å². The average Bonchev–Trinajstić information content (AvgIpc) is 2.64. The van der Waals surface area contributed by atoms with E-state index in [4.69, 9.17) is 4.74 Å². The highest BCUT2D eigenvalue weighted by Crippen LogP contribution is 2.34. The minimum absolute atomic E-state index is 0.0404. The summed E-state index contributed by atoms with van der Waals surface area (Å²) >= 11 is 3.20. The van der Waals surface area contributed by atoms with E-state index in [-0.39, 0.29) is 16.4 Å². The van der Waals surface area contributed by atoms with Crippen LogP contribution in [0.15, 0.2) is 69.1 Å². The zero-order valence-electron chi connectivity index (χ0n) is 13.7. The summed E-state index contributed by atoms with van der Waals surface area (Å²) in [5.41, 5.74) is 0.549. The Morgan fingerprint density at radius 3 is 2.58 bits per heavy atom. The summed E-state index contributed by atoms with van der Waals surface area (Å²) in [6.07, 6.45) is 1.32. The van der Waals surface area contributed by atoms with Crippen LogP contribution in [0.1, 0.15) is 5.56 Å². The molecule has 26 heavy (non-hydrogen) atoms. The fourth-order valence-electron chi connectivity index (χ4n) is 2.38. The molecule has 0 bridgehead atoms. The van der Waals surface area contributed by atoms with E-state index in [2.05, 4.69) is 25.9 Å². The topological polar surface area (TPSA) is 88.0 Å². The van der Waals surface area contributed by atoms with E-state index in [0.29, 0.717) is 10.0 Å². The molecule has 8 heteroatoms. The monoisotopic (exact) mass is 434 g/mol. The summed E-state index contributed by atoms with van der Waals surface area (Å²) in [4.78, 5) is 2.31. The molecule has 0 spiro atoms. The van der Waals surface area contributed by atoms with Crippen LogP contribution in [0.5, 0.6) is 11.5 Å². The Morgan fingerprint density at radius 2 is 1.85 bits per heavy atom. The maximum Gasteiger partial charge on any atom is 0.276 e.